The van der Waals surface area contributed by atoms with Crippen LogP contribution in [0.5, 0.6) is 0 Å². The molecule has 0 aliphatic carbocycles. The first kappa shape index (κ1) is 9.47. The topological polar surface area (TPSA) is 12.5 Å². The molecule has 2 fully saturated rings. The van der Waals surface area contributed by atoms with Crippen LogP contribution in [0.2, 0.25) is 0 Å². The van der Waals surface area contributed by atoms with Crippen LogP contribution in [0.3, 0.4) is 0 Å². The number of hydrogen-bond acceptors (Lipinski definition) is 2. The fourth-order valence-corrected chi connectivity index (χ4v) is 2.94. The van der Waals surface area contributed by atoms with Crippen LogP contribution in [0.15, 0.2) is 0 Å². The Kier molecular flexibility index (Phi) is 2.61. The fourth-order valence-electron chi connectivity index (χ4n) is 2.94. The molecule has 0 unspecified atom stereocenters. The summed E-state index contributed by atoms with van der Waals surface area (Å²) in [6, 6.07) is 0.682. The second kappa shape index (κ2) is 3.58. The van der Waals surface area contributed by atoms with Gasteiger partial charge in [0, 0.05) is 18.2 Å². The molecule has 0 aromatic rings. The lowest BCUT2D eigenvalue weighted by molar-refractivity contribution is 0.0103. The smallest absolute Gasteiger partial charge is 0.0651 e. The van der Waals surface area contributed by atoms with Gasteiger partial charge in [0.25, 0.3) is 0 Å². The normalized spacial score (nSPS) is 36.2. The molecule has 13 heavy (non-hydrogen) atoms. The Balaban J connectivity index is 2.12. The summed E-state index contributed by atoms with van der Waals surface area (Å²) >= 11 is 0. The summed E-state index contributed by atoms with van der Waals surface area (Å²) in [4.78, 5) is 2.67. The summed E-state index contributed by atoms with van der Waals surface area (Å²) < 4.78 is 5.58. The molecule has 0 amide bonds. The minimum absolute atomic E-state index is 0.423. The number of nitrogens with zero attached hydrogens (tertiary/aromatic N) is 1. The van der Waals surface area contributed by atoms with Crippen LogP contribution in [-0.2, 0) is 4.74 Å². The number of rotatable bonds is 1. The summed E-state index contributed by atoms with van der Waals surface area (Å²) in [6.45, 7) is 7.85. The van der Waals surface area contributed by atoms with E-state index in [9.17, 15) is 0 Å². The maximum atomic E-state index is 5.58. The second-order valence-electron chi connectivity index (χ2n) is 4.77. The van der Waals surface area contributed by atoms with Crippen LogP contribution < -0.4 is 0 Å². The van der Waals surface area contributed by atoms with Crippen LogP contribution >= 0.6 is 0 Å². The van der Waals surface area contributed by atoms with Gasteiger partial charge >= 0.3 is 0 Å². The molecule has 2 heteroatoms. The highest BCUT2D eigenvalue weighted by atomic mass is 16.5. The zero-order valence-corrected chi connectivity index (χ0v) is 8.88. The highest BCUT2D eigenvalue weighted by molar-refractivity contribution is 4.97. The average Bonchev–Trinajstić information content (AvgIpc) is 2.54. The Bertz CT molecular complexity index is 173. The molecular weight excluding hydrogens is 162 g/mol. The van der Waals surface area contributed by atoms with Crippen molar-refractivity contribution in [2.24, 2.45) is 0 Å². The summed E-state index contributed by atoms with van der Waals surface area (Å²) in [5.74, 6) is 0. The van der Waals surface area contributed by atoms with Crippen molar-refractivity contribution in [2.45, 2.75) is 51.1 Å². The van der Waals surface area contributed by atoms with Crippen molar-refractivity contribution in [3.63, 3.8) is 0 Å². The first-order valence-electron chi connectivity index (χ1n) is 5.59. The lowest BCUT2D eigenvalue weighted by Crippen LogP contribution is -2.55. The van der Waals surface area contributed by atoms with Crippen molar-refractivity contribution in [3.8, 4) is 0 Å². The van der Waals surface area contributed by atoms with E-state index in [1.54, 1.807) is 0 Å². The Morgan fingerprint density at radius 3 is 2.69 bits per heavy atom. The van der Waals surface area contributed by atoms with Crippen LogP contribution in [0, 0.1) is 0 Å². The van der Waals surface area contributed by atoms with Crippen molar-refractivity contribution in [1.82, 2.24) is 4.90 Å². The molecule has 0 aromatic heterocycles. The Labute approximate surface area is 81.3 Å². The van der Waals surface area contributed by atoms with Crippen molar-refractivity contribution < 1.29 is 4.74 Å². The lowest BCUT2D eigenvalue weighted by atomic mass is 9.85. The van der Waals surface area contributed by atoms with E-state index < -0.39 is 0 Å². The van der Waals surface area contributed by atoms with Crippen molar-refractivity contribution in [2.75, 3.05) is 19.8 Å². The van der Waals surface area contributed by atoms with Crippen molar-refractivity contribution >= 4 is 0 Å². The molecule has 2 nitrogen and oxygen atoms in total. The standard InChI is InChI=1S/C11H21NO/c1-10(2)12-7-4-3-5-11(12)6-8-13-9-11/h10H,3-9H2,1-2H3/t11-/m1/s1. The van der Waals surface area contributed by atoms with E-state index in [0.29, 0.717) is 11.6 Å². The van der Waals surface area contributed by atoms with Gasteiger partial charge in [0.15, 0.2) is 0 Å². The van der Waals surface area contributed by atoms with E-state index >= 15 is 0 Å². The van der Waals surface area contributed by atoms with E-state index in [-0.39, 0.29) is 0 Å². The summed E-state index contributed by atoms with van der Waals surface area (Å²) in [7, 11) is 0. The number of likely N-dealkylation sites (tertiary alicyclic amines) is 1. The first-order valence-corrected chi connectivity index (χ1v) is 5.59. The SMILES string of the molecule is CC(C)N1CCCC[C@]12CCOC2. The monoisotopic (exact) mass is 183 g/mol. The van der Waals surface area contributed by atoms with Gasteiger partial charge in [-0.3, -0.25) is 4.90 Å². The Hall–Kier alpha value is -0.0800. The maximum absolute atomic E-state index is 5.58. The van der Waals surface area contributed by atoms with Gasteiger partial charge in [0.1, 0.15) is 0 Å². The molecule has 2 rings (SSSR count). The zero-order chi connectivity index (χ0) is 9.31. The van der Waals surface area contributed by atoms with E-state index in [1.165, 1.54) is 32.2 Å². The van der Waals surface area contributed by atoms with Crippen LogP contribution in [0.1, 0.15) is 39.5 Å². The number of piperidine rings is 1. The lowest BCUT2D eigenvalue weighted by Gasteiger charge is -2.46. The van der Waals surface area contributed by atoms with Gasteiger partial charge in [0.2, 0.25) is 0 Å². The highest BCUT2D eigenvalue weighted by Crippen LogP contribution is 2.36. The largest absolute Gasteiger partial charge is 0.379 e. The van der Waals surface area contributed by atoms with Gasteiger partial charge in [-0.05, 0) is 39.7 Å². The fraction of sp³-hybridized carbons (Fsp3) is 1.00. The molecular formula is C11H21NO. The summed E-state index contributed by atoms with van der Waals surface area (Å²) in [5.41, 5.74) is 0.423. The molecule has 0 aromatic carbocycles. The molecule has 76 valence electrons. The van der Waals surface area contributed by atoms with Crippen LogP contribution in [0.4, 0.5) is 0 Å². The predicted molar refractivity (Wildman–Crippen MR) is 53.9 cm³/mol. The van der Waals surface area contributed by atoms with Gasteiger partial charge < -0.3 is 4.74 Å². The molecule has 0 saturated carbocycles. The van der Waals surface area contributed by atoms with E-state index in [4.69, 9.17) is 4.74 Å². The van der Waals surface area contributed by atoms with E-state index in [1.807, 2.05) is 0 Å². The molecule has 0 bridgehead atoms. The molecule has 2 aliphatic heterocycles. The summed E-state index contributed by atoms with van der Waals surface area (Å²) in [5, 5.41) is 0. The third kappa shape index (κ3) is 1.62. The van der Waals surface area contributed by atoms with Crippen LogP contribution in [-0.4, -0.2) is 36.2 Å². The maximum Gasteiger partial charge on any atom is 0.0651 e. The molecule has 1 spiro atoms. The molecule has 2 aliphatic rings. The third-order valence-electron chi connectivity index (χ3n) is 3.61. The quantitative estimate of drug-likeness (QED) is 0.617. The van der Waals surface area contributed by atoms with E-state index in [2.05, 4.69) is 18.7 Å². The minimum Gasteiger partial charge on any atom is -0.379 e. The minimum atomic E-state index is 0.423. The third-order valence-corrected chi connectivity index (χ3v) is 3.61. The van der Waals surface area contributed by atoms with Crippen molar-refractivity contribution in [3.05, 3.63) is 0 Å². The second-order valence-corrected chi connectivity index (χ2v) is 4.77. The van der Waals surface area contributed by atoms with Gasteiger partial charge in [-0.2, -0.15) is 0 Å². The van der Waals surface area contributed by atoms with Gasteiger partial charge in [-0.15, -0.1) is 0 Å². The number of ether oxygens (including phenoxy) is 1. The summed E-state index contributed by atoms with van der Waals surface area (Å²) in [6.07, 6.45) is 5.38. The highest BCUT2D eigenvalue weighted by Gasteiger charge is 2.42. The van der Waals surface area contributed by atoms with Crippen molar-refractivity contribution in [1.29, 1.82) is 0 Å². The van der Waals surface area contributed by atoms with Gasteiger partial charge in [0.05, 0.1) is 6.61 Å². The Morgan fingerprint density at radius 1 is 1.23 bits per heavy atom. The molecule has 2 saturated heterocycles. The molecule has 1 atom stereocenters. The molecule has 2 heterocycles. The van der Waals surface area contributed by atoms with Crippen LogP contribution in [0.25, 0.3) is 0 Å². The first-order chi connectivity index (χ1) is 6.25. The van der Waals surface area contributed by atoms with Gasteiger partial charge in [-0.25, -0.2) is 0 Å². The average molecular weight is 183 g/mol. The number of hydrogen-bond donors (Lipinski definition) is 0. The Morgan fingerprint density at radius 2 is 2.08 bits per heavy atom. The predicted octanol–water partition coefficient (Wildman–Crippen LogP) is 2.04. The molecule has 0 radical (unpaired) electrons. The zero-order valence-electron chi connectivity index (χ0n) is 8.88. The molecule has 0 N–H and O–H groups in total. The van der Waals surface area contributed by atoms with Gasteiger partial charge in [-0.1, -0.05) is 6.42 Å². The van der Waals surface area contributed by atoms with E-state index in [0.717, 1.165) is 13.2 Å².